The van der Waals surface area contributed by atoms with Crippen LogP contribution in [-0.2, 0) is 16.0 Å². The third-order valence-electron chi connectivity index (χ3n) is 3.67. The highest BCUT2D eigenvalue weighted by Crippen LogP contribution is 2.14. The predicted molar refractivity (Wildman–Crippen MR) is 91.2 cm³/mol. The predicted octanol–water partition coefficient (Wildman–Crippen LogP) is 2.42. The van der Waals surface area contributed by atoms with E-state index in [4.69, 9.17) is 4.74 Å². The average molecular weight is 342 g/mol. The second-order valence-electron chi connectivity index (χ2n) is 5.55. The van der Waals surface area contributed by atoms with Crippen molar-refractivity contribution < 1.29 is 19.2 Å². The van der Waals surface area contributed by atoms with Gasteiger partial charge in [0.2, 0.25) is 0 Å². The minimum atomic E-state index is -0.889. The molecule has 0 saturated heterocycles. The molecular formula is C18H18N2O5. The van der Waals surface area contributed by atoms with Crippen molar-refractivity contribution in [3.63, 3.8) is 0 Å². The van der Waals surface area contributed by atoms with E-state index in [0.717, 1.165) is 17.2 Å². The van der Waals surface area contributed by atoms with Crippen molar-refractivity contribution in [1.29, 1.82) is 0 Å². The summed E-state index contributed by atoms with van der Waals surface area (Å²) in [6.45, 7) is 1.95. The van der Waals surface area contributed by atoms with Gasteiger partial charge < -0.3 is 10.1 Å². The van der Waals surface area contributed by atoms with Gasteiger partial charge in [0.05, 0.1) is 12.0 Å². The first-order valence-corrected chi connectivity index (χ1v) is 7.59. The van der Waals surface area contributed by atoms with Crippen molar-refractivity contribution in [2.24, 2.45) is 0 Å². The Balaban J connectivity index is 2.17. The summed E-state index contributed by atoms with van der Waals surface area (Å²) in [6, 6.07) is 12.0. The Labute approximate surface area is 144 Å². The Morgan fingerprint density at radius 3 is 2.48 bits per heavy atom. The van der Waals surface area contributed by atoms with Crippen LogP contribution >= 0.6 is 0 Å². The van der Waals surface area contributed by atoms with E-state index in [1.807, 2.05) is 31.2 Å². The van der Waals surface area contributed by atoms with Crippen molar-refractivity contribution in [3.05, 3.63) is 75.3 Å². The number of nitrogens with one attached hydrogen (secondary N) is 1. The van der Waals surface area contributed by atoms with Crippen LogP contribution < -0.4 is 5.32 Å². The van der Waals surface area contributed by atoms with Gasteiger partial charge in [-0.2, -0.15) is 0 Å². The van der Waals surface area contributed by atoms with Gasteiger partial charge in [-0.15, -0.1) is 0 Å². The van der Waals surface area contributed by atoms with Crippen LogP contribution in [0.1, 0.15) is 21.5 Å². The number of aryl methyl sites for hydroxylation is 1. The molecule has 1 N–H and O–H groups in total. The molecule has 2 aromatic carbocycles. The van der Waals surface area contributed by atoms with Gasteiger partial charge >= 0.3 is 5.97 Å². The molecule has 7 heteroatoms. The highest BCUT2D eigenvalue weighted by molar-refractivity contribution is 5.97. The fourth-order valence-corrected chi connectivity index (χ4v) is 2.30. The zero-order valence-electron chi connectivity index (χ0n) is 13.9. The van der Waals surface area contributed by atoms with E-state index in [9.17, 15) is 19.7 Å². The molecule has 0 bridgehead atoms. The minimum absolute atomic E-state index is 0.104. The normalized spacial score (nSPS) is 11.4. The Kier molecular flexibility index (Phi) is 5.84. The summed E-state index contributed by atoms with van der Waals surface area (Å²) < 4.78 is 4.75. The summed E-state index contributed by atoms with van der Waals surface area (Å²) in [5, 5.41) is 13.4. The second kappa shape index (κ2) is 8.05. The van der Waals surface area contributed by atoms with Crippen molar-refractivity contribution in [3.8, 4) is 0 Å². The lowest BCUT2D eigenvalue weighted by molar-refractivity contribution is -0.384. The maximum Gasteiger partial charge on any atom is 0.328 e. The number of hydrogen-bond acceptors (Lipinski definition) is 5. The van der Waals surface area contributed by atoms with Crippen molar-refractivity contribution in [1.82, 2.24) is 5.32 Å². The van der Waals surface area contributed by atoms with Gasteiger partial charge in [0.1, 0.15) is 6.04 Å². The van der Waals surface area contributed by atoms with Gasteiger partial charge in [-0.25, -0.2) is 4.79 Å². The summed E-state index contributed by atoms with van der Waals surface area (Å²) in [5.41, 5.74) is 1.85. The number of benzene rings is 2. The largest absolute Gasteiger partial charge is 0.467 e. The van der Waals surface area contributed by atoms with E-state index in [-0.39, 0.29) is 17.7 Å². The van der Waals surface area contributed by atoms with Crippen molar-refractivity contribution in [2.45, 2.75) is 19.4 Å². The maximum absolute atomic E-state index is 12.4. The number of rotatable bonds is 6. The first kappa shape index (κ1) is 18.1. The van der Waals surface area contributed by atoms with E-state index in [1.165, 1.54) is 25.3 Å². The summed E-state index contributed by atoms with van der Waals surface area (Å²) >= 11 is 0. The lowest BCUT2D eigenvalue weighted by Crippen LogP contribution is -2.43. The lowest BCUT2D eigenvalue weighted by Gasteiger charge is -2.17. The molecule has 0 spiro atoms. The van der Waals surface area contributed by atoms with E-state index >= 15 is 0 Å². The van der Waals surface area contributed by atoms with Crippen LogP contribution in [0.25, 0.3) is 0 Å². The molecule has 0 aromatic heterocycles. The number of methoxy groups -OCH3 is 1. The highest BCUT2D eigenvalue weighted by Gasteiger charge is 2.23. The van der Waals surface area contributed by atoms with Gasteiger partial charge in [0, 0.05) is 24.1 Å². The van der Waals surface area contributed by atoms with Gasteiger partial charge in [-0.3, -0.25) is 14.9 Å². The number of esters is 1. The second-order valence-corrected chi connectivity index (χ2v) is 5.55. The topological polar surface area (TPSA) is 98.5 Å². The molecule has 7 nitrogen and oxygen atoms in total. The molecule has 0 saturated carbocycles. The Morgan fingerprint density at radius 2 is 1.88 bits per heavy atom. The molecule has 25 heavy (non-hydrogen) atoms. The number of carbonyl (C=O) groups excluding carboxylic acids is 2. The van der Waals surface area contributed by atoms with Crippen LogP contribution in [-0.4, -0.2) is 30.0 Å². The molecule has 0 aliphatic rings. The number of nitrogens with zero attached hydrogens (tertiary/aromatic N) is 1. The Bertz CT molecular complexity index is 786. The molecule has 2 rings (SSSR count). The molecule has 1 amide bonds. The van der Waals surface area contributed by atoms with Crippen LogP contribution in [0.4, 0.5) is 5.69 Å². The minimum Gasteiger partial charge on any atom is -0.467 e. The maximum atomic E-state index is 12.4. The molecule has 2 aromatic rings. The average Bonchev–Trinajstić information content (AvgIpc) is 2.62. The SMILES string of the molecule is COC(=O)[C@@H](Cc1ccc(C)cc1)NC(=O)c1cccc([N+](=O)[O-])c1. The van der Waals surface area contributed by atoms with E-state index in [1.54, 1.807) is 0 Å². The quantitative estimate of drug-likeness (QED) is 0.494. The third kappa shape index (κ3) is 4.87. The fraction of sp³-hybridized carbons (Fsp3) is 0.222. The van der Waals surface area contributed by atoms with Gasteiger partial charge in [0.25, 0.3) is 11.6 Å². The van der Waals surface area contributed by atoms with Crippen LogP contribution in [0.3, 0.4) is 0 Å². The number of carbonyl (C=O) groups is 2. The molecule has 0 aliphatic carbocycles. The van der Waals surface area contributed by atoms with Crippen LogP contribution in [0.15, 0.2) is 48.5 Å². The molecule has 0 heterocycles. The molecule has 0 radical (unpaired) electrons. The monoisotopic (exact) mass is 342 g/mol. The molecule has 1 atom stereocenters. The first-order chi connectivity index (χ1) is 11.9. The molecule has 130 valence electrons. The highest BCUT2D eigenvalue weighted by atomic mass is 16.6. The number of ether oxygens (including phenoxy) is 1. The third-order valence-corrected chi connectivity index (χ3v) is 3.67. The van der Waals surface area contributed by atoms with Gasteiger partial charge in [0.15, 0.2) is 0 Å². The van der Waals surface area contributed by atoms with Crippen LogP contribution in [0.2, 0.25) is 0 Å². The van der Waals surface area contributed by atoms with Crippen LogP contribution in [0.5, 0.6) is 0 Å². The summed E-state index contributed by atoms with van der Waals surface area (Å²) in [7, 11) is 1.24. The molecule has 0 unspecified atom stereocenters. The molecular weight excluding hydrogens is 324 g/mol. The van der Waals surface area contributed by atoms with Crippen LogP contribution in [0, 0.1) is 17.0 Å². The first-order valence-electron chi connectivity index (χ1n) is 7.59. The lowest BCUT2D eigenvalue weighted by atomic mass is 10.0. The number of nitro benzene ring substituents is 1. The standard InChI is InChI=1S/C18H18N2O5/c1-12-6-8-13(9-7-12)10-16(18(22)25-2)19-17(21)14-4-3-5-15(11-14)20(23)24/h3-9,11,16H,10H2,1-2H3,(H,19,21)/t16-/m1/s1. The Hall–Kier alpha value is -3.22. The van der Waals surface area contributed by atoms with E-state index in [2.05, 4.69) is 5.32 Å². The Morgan fingerprint density at radius 1 is 1.20 bits per heavy atom. The zero-order chi connectivity index (χ0) is 18.4. The summed E-state index contributed by atoms with van der Waals surface area (Å²) in [4.78, 5) is 34.6. The smallest absolute Gasteiger partial charge is 0.328 e. The number of hydrogen-bond donors (Lipinski definition) is 1. The van der Waals surface area contributed by atoms with Crippen molar-refractivity contribution >= 4 is 17.6 Å². The fourth-order valence-electron chi connectivity index (χ4n) is 2.30. The number of non-ortho nitro benzene ring substituents is 1. The van der Waals surface area contributed by atoms with Gasteiger partial charge in [-0.05, 0) is 18.6 Å². The summed E-state index contributed by atoms with van der Waals surface area (Å²) in [6.07, 6.45) is 0.258. The molecule has 0 fully saturated rings. The number of amides is 1. The van der Waals surface area contributed by atoms with Crippen molar-refractivity contribution in [2.75, 3.05) is 7.11 Å². The number of nitro groups is 1. The van der Waals surface area contributed by atoms with E-state index < -0.39 is 22.8 Å². The van der Waals surface area contributed by atoms with Gasteiger partial charge in [-0.1, -0.05) is 35.9 Å². The zero-order valence-corrected chi connectivity index (χ0v) is 13.9. The summed E-state index contributed by atoms with van der Waals surface area (Å²) in [5.74, 6) is -1.16. The van der Waals surface area contributed by atoms with E-state index in [0.29, 0.717) is 0 Å². The molecule has 0 aliphatic heterocycles.